The third-order valence-corrected chi connectivity index (χ3v) is 6.90. The van der Waals surface area contributed by atoms with Crippen molar-refractivity contribution in [3.05, 3.63) is 95.6 Å². The number of amides is 3. The molecule has 3 aromatic carbocycles. The normalized spacial score (nSPS) is 19.4. The van der Waals surface area contributed by atoms with Gasteiger partial charge in [0.05, 0.1) is 5.75 Å². The molecule has 0 aliphatic carbocycles. The molecule has 3 amide bonds. The first-order valence-electron chi connectivity index (χ1n) is 9.90. The van der Waals surface area contributed by atoms with E-state index < -0.39 is 4.87 Å². The summed E-state index contributed by atoms with van der Waals surface area (Å²) in [7, 11) is 0. The van der Waals surface area contributed by atoms with Crippen LogP contribution in [0.1, 0.15) is 21.5 Å². The second-order valence-corrected chi connectivity index (χ2v) is 8.54. The maximum atomic E-state index is 13.0. The van der Waals surface area contributed by atoms with Gasteiger partial charge in [-0.1, -0.05) is 48.5 Å². The fourth-order valence-electron chi connectivity index (χ4n) is 4.02. The Bertz CT molecular complexity index is 1180. The minimum absolute atomic E-state index is 0.141. The van der Waals surface area contributed by atoms with Crippen molar-refractivity contribution in [1.29, 1.82) is 0 Å². The van der Waals surface area contributed by atoms with Crippen molar-refractivity contribution in [3.8, 4) is 0 Å². The molecule has 6 nitrogen and oxygen atoms in total. The Labute approximate surface area is 183 Å². The summed E-state index contributed by atoms with van der Waals surface area (Å²) in [6.07, 6.45) is 0. The van der Waals surface area contributed by atoms with E-state index in [1.807, 2.05) is 54.6 Å². The fraction of sp³-hybridized carbons (Fsp3) is 0.125. The molecule has 1 atom stereocenters. The summed E-state index contributed by atoms with van der Waals surface area (Å²) in [6, 6.07) is 23.9. The SMILES string of the molecule is O=C(NCc1ccccc1)c1ccc(N2C(=O)CS[C@]23C(=O)Nc2ccccc23)cc1. The van der Waals surface area contributed by atoms with E-state index in [9.17, 15) is 14.4 Å². The van der Waals surface area contributed by atoms with Gasteiger partial charge in [-0.3, -0.25) is 19.3 Å². The molecule has 0 saturated carbocycles. The van der Waals surface area contributed by atoms with Gasteiger partial charge in [0.2, 0.25) is 10.8 Å². The third-order valence-electron chi connectivity index (χ3n) is 5.50. The quantitative estimate of drug-likeness (QED) is 0.665. The van der Waals surface area contributed by atoms with E-state index in [4.69, 9.17) is 0 Å². The van der Waals surface area contributed by atoms with Crippen LogP contribution in [0.15, 0.2) is 78.9 Å². The summed E-state index contributed by atoms with van der Waals surface area (Å²) in [5.74, 6) is -0.357. The number of hydrogen-bond donors (Lipinski definition) is 2. The van der Waals surface area contributed by atoms with Gasteiger partial charge in [-0.25, -0.2) is 0 Å². The number of carbonyl (C=O) groups is 3. The van der Waals surface area contributed by atoms with Gasteiger partial charge < -0.3 is 10.6 Å². The number of hydrogen-bond acceptors (Lipinski definition) is 4. The van der Waals surface area contributed by atoms with E-state index in [1.165, 1.54) is 11.8 Å². The molecule has 0 aromatic heterocycles. The van der Waals surface area contributed by atoms with Crippen molar-refractivity contribution < 1.29 is 14.4 Å². The lowest BCUT2D eigenvalue weighted by molar-refractivity contribution is -0.122. The van der Waals surface area contributed by atoms with Crippen LogP contribution in [0.25, 0.3) is 0 Å². The van der Waals surface area contributed by atoms with Crippen LogP contribution in [0.2, 0.25) is 0 Å². The number of nitrogens with one attached hydrogen (secondary N) is 2. The van der Waals surface area contributed by atoms with Crippen molar-refractivity contribution in [2.24, 2.45) is 0 Å². The molecule has 7 heteroatoms. The summed E-state index contributed by atoms with van der Waals surface area (Å²) in [5.41, 5.74) is 3.59. The topological polar surface area (TPSA) is 78.5 Å². The molecule has 2 aliphatic heterocycles. The molecule has 0 bridgehead atoms. The zero-order chi connectivity index (χ0) is 21.4. The molecule has 5 rings (SSSR count). The number of nitrogens with zero attached hydrogens (tertiary/aromatic N) is 1. The molecule has 2 aliphatic rings. The van der Waals surface area contributed by atoms with Crippen LogP contribution in [0, 0.1) is 0 Å². The predicted octanol–water partition coefficient (Wildman–Crippen LogP) is 3.50. The number of anilines is 2. The van der Waals surface area contributed by atoms with Crippen molar-refractivity contribution in [2.75, 3.05) is 16.0 Å². The van der Waals surface area contributed by atoms with Crippen LogP contribution in [-0.4, -0.2) is 23.5 Å². The highest BCUT2D eigenvalue weighted by molar-refractivity contribution is 8.02. The second kappa shape index (κ2) is 7.59. The molecule has 1 spiro atoms. The summed E-state index contributed by atoms with van der Waals surface area (Å²) < 4.78 is 0. The van der Waals surface area contributed by atoms with Crippen molar-refractivity contribution in [3.63, 3.8) is 0 Å². The maximum absolute atomic E-state index is 13.0. The fourth-order valence-corrected chi connectivity index (χ4v) is 5.33. The van der Waals surface area contributed by atoms with Gasteiger partial charge in [0.25, 0.3) is 11.8 Å². The standard InChI is InChI=1S/C24H19N3O3S/c28-21-15-31-24(19-8-4-5-9-20(19)26-23(24)30)27(21)18-12-10-17(11-13-18)22(29)25-14-16-6-2-1-3-7-16/h1-13H,14-15H2,(H,25,29)(H,26,30)/t24-/m1/s1. The third kappa shape index (κ3) is 3.18. The number of thioether (sulfide) groups is 1. The molecule has 1 fully saturated rings. The van der Waals surface area contributed by atoms with Crippen LogP contribution < -0.4 is 15.5 Å². The van der Waals surface area contributed by atoms with E-state index in [0.29, 0.717) is 17.8 Å². The van der Waals surface area contributed by atoms with Gasteiger partial charge in [0, 0.05) is 29.0 Å². The Hall–Kier alpha value is -3.58. The zero-order valence-electron chi connectivity index (χ0n) is 16.5. The van der Waals surface area contributed by atoms with Crippen LogP contribution in [-0.2, 0) is 21.0 Å². The van der Waals surface area contributed by atoms with E-state index in [1.54, 1.807) is 29.2 Å². The predicted molar refractivity (Wildman–Crippen MR) is 121 cm³/mol. The van der Waals surface area contributed by atoms with Crippen LogP contribution >= 0.6 is 11.8 Å². The minimum Gasteiger partial charge on any atom is -0.348 e. The maximum Gasteiger partial charge on any atom is 0.266 e. The Balaban J connectivity index is 1.40. The van der Waals surface area contributed by atoms with Crippen LogP contribution in [0.5, 0.6) is 0 Å². The molecule has 0 unspecified atom stereocenters. The second-order valence-electron chi connectivity index (χ2n) is 7.38. The minimum atomic E-state index is -1.12. The van der Waals surface area contributed by atoms with Gasteiger partial charge in [0.15, 0.2) is 0 Å². The van der Waals surface area contributed by atoms with Gasteiger partial charge in [-0.05, 0) is 35.9 Å². The molecule has 154 valence electrons. The summed E-state index contributed by atoms with van der Waals surface area (Å²) in [6.45, 7) is 0.433. The lowest BCUT2D eigenvalue weighted by Crippen LogP contribution is -2.47. The summed E-state index contributed by atoms with van der Waals surface area (Å²) in [4.78, 5) is 38.8. The van der Waals surface area contributed by atoms with Gasteiger partial charge >= 0.3 is 0 Å². The summed E-state index contributed by atoms with van der Waals surface area (Å²) >= 11 is 1.32. The van der Waals surface area contributed by atoms with Gasteiger partial charge in [-0.15, -0.1) is 11.8 Å². The molecule has 2 N–H and O–H groups in total. The molecule has 1 saturated heterocycles. The molecule has 31 heavy (non-hydrogen) atoms. The lowest BCUT2D eigenvalue weighted by Gasteiger charge is -2.32. The summed E-state index contributed by atoms with van der Waals surface area (Å²) in [5, 5.41) is 5.79. The van der Waals surface area contributed by atoms with Gasteiger partial charge in [-0.2, -0.15) is 0 Å². The number of rotatable bonds is 4. The smallest absolute Gasteiger partial charge is 0.266 e. The highest BCUT2D eigenvalue weighted by Gasteiger charge is 2.58. The largest absolute Gasteiger partial charge is 0.348 e. The van der Waals surface area contributed by atoms with E-state index in [-0.39, 0.29) is 23.5 Å². The molecule has 2 heterocycles. The van der Waals surface area contributed by atoms with E-state index >= 15 is 0 Å². The van der Waals surface area contributed by atoms with E-state index in [2.05, 4.69) is 10.6 Å². The van der Waals surface area contributed by atoms with Crippen molar-refractivity contribution in [2.45, 2.75) is 11.4 Å². The van der Waals surface area contributed by atoms with Crippen LogP contribution in [0.4, 0.5) is 11.4 Å². The average Bonchev–Trinajstić information content (AvgIpc) is 3.30. The first-order chi connectivity index (χ1) is 15.1. The van der Waals surface area contributed by atoms with Crippen molar-refractivity contribution >= 4 is 40.9 Å². The molecular weight excluding hydrogens is 410 g/mol. The van der Waals surface area contributed by atoms with E-state index in [0.717, 1.165) is 16.8 Å². The number of carbonyl (C=O) groups excluding carboxylic acids is 3. The first kappa shape index (κ1) is 19.4. The number of benzene rings is 3. The average molecular weight is 430 g/mol. The Morgan fingerprint density at radius 2 is 1.68 bits per heavy atom. The lowest BCUT2D eigenvalue weighted by atomic mass is 10.0. The van der Waals surface area contributed by atoms with Crippen LogP contribution in [0.3, 0.4) is 0 Å². The highest BCUT2D eigenvalue weighted by atomic mass is 32.2. The first-order valence-corrected chi connectivity index (χ1v) is 10.9. The number of fused-ring (bicyclic) bond motifs is 2. The number of para-hydroxylation sites is 1. The van der Waals surface area contributed by atoms with Gasteiger partial charge in [0.1, 0.15) is 0 Å². The highest BCUT2D eigenvalue weighted by Crippen LogP contribution is 2.53. The Morgan fingerprint density at radius 3 is 2.45 bits per heavy atom. The van der Waals surface area contributed by atoms with Crippen molar-refractivity contribution in [1.82, 2.24) is 5.32 Å². The monoisotopic (exact) mass is 429 g/mol. The molecule has 0 radical (unpaired) electrons. The zero-order valence-corrected chi connectivity index (χ0v) is 17.3. The molecular formula is C24H19N3O3S. The molecule has 3 aromatic rings. The Morgan fingerprint density at radius 1 is 0.968 bits per heavy atom. The Kier molecular flexibility index (Phi) is 4.75.